The van der Waals surface area contributed by atoms with E-state index in [1.165, 1.54) is 6.92 Å². The predicted octanol–water partition coefficient (Wildman–Crippen LogP) is 3.65. The van der Waals surface area contributed by atoms with Gasteiger partial charge < -0.3 is 9.47 Å². The second-order valence-corrected chi connectivity index (χ2v) is 6.19. The van der Waals surface area contributed by atoms with Crippen LogP contribution in [-0.2, 0) is 16.1 Å². The highest BCUT2D eigenvalue weighted by molar-refractivity contribution is 5.94. The molecule has 0 fully saturated rings. The summed E-state index contributed by atoms with van der Waals surface area (Å²) in [6.07, 6.45) is -0.790. The first-order valence-electron chi connectivity index (χ1n) is 8.60. The molecule has 0 N–H and O–H groups in total. The molecule has 0 unspecified atom stereocenters. The molecule has 0 saturated carbocycles. The number of aryl methyl sites for hydroxylation is 1. The summed E-state index contributed by atoms with van der Waals surface area (Å²) in [5.41, 5.74) is 3.47. The van der Waals surface area contributed by atoms with Crippen molar-refractivity contribution in [1.29, 1.82) is 0 Å². The van der Waals surface area contributed by atoms with Crippen LogP contribution in [0.1, 0.15) is 35.6 Å². The molecule has 2 aromatic carbocycles. The summed E-state index contributed by atoms with van der Waals surface area (Å²) in [6.45, 7) is 4.96. The number of ketones is 1. The molecule has 0 spiro atoms. The minimum absolute atomic E-state index is 0.0270. The minimum Gasteiger partial charge on any atom is -0.479 e. The highest BCUT2D eigenvalue weighted by Gasteiger charge is 2.18. The Labute approximate surface area is 157 Å². The van der Waals surface area contributed by atoms with Gasteiger partial charge >= 0.3 is 5.97 Å². The number of aromatic nitrogens is 2. The van der Waals surface area contributed by atoms with E-state index >= 15 is 0 Å². The number of fused-ring (bicyclic) bond motifs is 1. The molecule has 3 aromatic rings. The van der Waals surface area contributed by atoms with Gasteiger partial charge in [0.05, 0.1) is 22.4 Å². The maximum Gasteiger partial charge on any atom is 0.347 e. The second-order valence-electron chi connectivity index (χ2n) is 6.19. The zero-order valence-electron chi connectivity index (χ0n) is 15.4. The van der Waals surface area contributed by atoms with Crippen molar-refractivity contribution in [2.45, 2.75) is 33.5 Å². The van der Waals surface area contributed by atoms with E-state index < -0.39 is 12.1 Å². The molecular formula is C21H20N2O4. The summed E-state index contributed by atoms with van der Waals surface area (Å²) < 4.78 is 10.9. The van der Waals surface area contributed by atoms with E-state index in [-0.39, 0.29) is 12.4 Å². The van der Waals surface area contributed by atoms with Crippen molar-refractivity contribution in [1.82, 2.24) is 9.97 Å². The van der Waals surface area contributed by atoms with Crippen molar-refractivity contribution in [3.05, 3.63) is 65.5 Å². The van der Waals surface area contributed by atoms with E-state index in [0.29, 0.717) is 17.0 Å². The summed E-state index contributed by atoms with van der Waals surface area (Å²) in [6, 6.07) is 14.2. The fraction of sp³-hybridized carbons (Fsp3) is 0.238. The average Bonchev–Trinajstić information content (AvgIpc) is 2.66. The molecule has 6 heteroatoms. The van der Waals surface area contributed by atoms with Crippen LogP contribution in [-0.4, -0.2) is 27.8 Å². The number of ether oxygens (including phenoxy) is 2. The summed E-state index contributed by atoms with van der Waals surface area (Å²) in [5, 5.41) is 0. The summed E-state index contributed by atoms with van der Waals surface area (Å²) in [7, 11) is 0. The fourth-order valence-corrected chi connectivity index (χ4v) is 2.54. The van der Waals surface area contributed by atoms with Gasteiger partial charge in [-0.1, -0.05) is 12.1 Å². The molecule has 0 aliphatic heterocycles. The van der Waals surface area contributed by atoms with Crippen LogP contribution in [0.2, 0.25) is 0 Å². The van der Waals surface area contributed by atoms with Gasteiger partial charge in [0.25, 0.3) is 0 Å². The van der Waals surface area contributed by atoms with Gasteiger partial charge in [-0.05, 0) is 57.2 Å². The molecule has 0 aliphatic carbocycles. The van der Waals surface area contributed by atoms with E-state index in [1.54, 1.807) is 31.2 Å². The van der Waals surface area contributed by atoms with Gasteiger partial charge in [-0.25, -0.2) is 14.8 Å². The topological polar surface area (TPSA) is 78.4 Å². The summed E-state index contributed by atoms with van der Waals surface area (Å²) in [5.74, 6) is -0.0352. The van der Waals surface area contributed by atoms with Gasteiger partial charge in [-0.2, -0.15) is 0 Å². The SMILES string of the molecule is CC(=O)c1ccc(O[C@@H](C)C(=O)OCc2nc3ccccc3nc2C)cc1. The fourth-order valence-electron chi connectivity index (χ4n) is 2.54. The Kier molecular flexibility index (Phi) is 5.45. The number of benzene rings is 2. The monoisotopic (exact) mass is 364 g/mol. The Bertz CT molecular complexity index is 983. The molecule has 6 nitrogen and oxygen atoms in total. The van der Waals surface area contributed by atoms with Crippen molar-refractivity contribution in [3.63, 3.8) is 0 Å². The van der Waals surface area contributed by atoms with Crippen LogP contribution >= 0.6 is 0 Å². The van der Waals surface area contributed by atoms with Gasteiger partial charge in [0.2, 0.25) is 0 Å². The molecule has 1 atom stereocenters. The van der Waals surface area contributed by atoms with Gasteiger partial charge in [0.1, 0.15) is 12.4 Å². The molecule has 3 rings (SSSR count). The third kappa shape index (κ3) is 4.47. The number of Topliss-reactive ketones (excluding diaryl/α,β-unsaturated/α-hetero) is 1. The number of hydrogen-bond acceptors (Lipinski definition) is 6. The van der Waals surface area contributed by atoms with Crippen LogP contribution in [0.5, 0.6) is 5.75 Å². The number of rotatable bonds is 6. The smallest absolute Gasteiger partial charge is 0.347 e. The van der Waals surface area contributed by atoms with Crippen LogP contribution in [0.4, 0.5) is 0 Å². The van der Waals surface area contributed by atoms with Crippen molar-refractivity contribution >= 4 is 22.8 Å². The van der Waals surface area contributed by atoms with E-state index in [9.17, 15) is 9.59 Å². The van der Waals surface area contributed by atoms with Crippen molar-refractivity contribution in [3.8, 4) is 5.75 Å². The molecule has 0 saturated heterocycles. The lowest BCUT2D eigenvalue weighted by Crippen LogP contribution is -2.26. The maximum absolute atomic E-state index is 12.2. The minimum atomic E-state index is -0.790. The van der Waals surface area contributed by atoms with E-state index in [0.717, 1.165) is 16.7 Å². The Morgan fingerprint density at radius 2 is 1.63 bits per heavy atom. The van der Waals surface area contributed by atoms with E-state index in [2.05, 4.69) is 9.97 Å². The van der Waals surface area contributed by atoms with Crippen LogP contribution in [0.3, 0.4) is 0 Å². The number of esters is 1. The molecule has 1 heterocycles. The zero-order chi connectivity index (χ0) is 19.4. The predicted molar refractivity (Wildman–Crippen MR) is 101 cm³/mol. The third-order valence-corrected chi connectivity index (χ3v) is 4.10. The van der Waals surface area contributed by atoms with Crippen molar-refractivity contribution < 1.29 is 19.1 Å². The third-order valence-electron chi connectivity index (χ3n) is 4.10. The first-order chi connectivity index (χ1) is 12.9. The van der Waals surface area contributed by atoms with Gasteiger partial charge in [-0.15, -0.1) is 0 Å². The van der Waals surface area contributed by atoms with Crippen LogP contribution in [0.25, 0.3) is 11.0 Å². The van der Waals surface area contributed by atoms with Crippen LogP contribution < -0.4 is 4.74 Å². The summed E-state index contributed by atoms with van der Waals surface area (Å²) >= 11 is 0. The Morgan fingerprint density at radius 1 is 1.00 bits per heavy atom. The quantitative estimate of drug-likeness (QED) is 0.491. The molecule has 138 valence electrons. The standard InChI is InChI=1S/C21H20N2O4/c1-13-20(23-19-7-5-4-6-18(19)22-13)12-26-21(25)15(3)27-17-10-8-16(9-11-17)14(2)24/h4-11,15H,12H2,1-3H3/t15-/m0/s1. The average molecular weight is 364 g/mol. The van der Waals surface area contributed by atoms with Crippen molar-refractivity contribution in [2.75, 3.05) is 0 Å². The largest absolute Gasteiger partial charge is 0.479 e. The summed E-state index contributed by atoms with van der Waals surface area (Å²) in [4.78, 5) is 32.5. The number of para-hydroxylation sites is 2. The number of carbonyl (C=O) groups excluding carboxylic acids is 2. The van der Waals surface area contributed by atoms with Gasteiger partial charge in [0, 0.05) is 5.56 Å². The lowest BCUT2D eigenvalue weighted by atomic mass is 10.1. The molecule has 0 aliphatic rings. The lowest BCUT2D eigenvalue weighted by Gasteiger charge is -2.14. The zero-order valence-corrected chi connectivity index (χ0v) is 15.4. The lowest BCUT2D eigenvalue weighted by molar-refractivity contribution is -0.152. The van der Waals surface area contributed by atoms with Crippen molar-refractivity contribution in [2.24, 2.45) is 0 Å². The Hall–Kier alpha value is -3.28. The molecule has 27 heavy (non-hydrogen) atoms. The Morgan fingerprint density at radius 3 is 2.26 bits per heavy atom. The first-order valence-corrected chi connectivity index (χ1v) is 8.60. The molecule has 0 radical (unpaired) electrons. The highest BCUT2D eigenvalue weighted by Crippen LogP contribution is 2.16. The van der Waals surface area contributed by atoms with Crippen LogP contribution in [0.15, 0.2) is 48.5 Å². The first kappa shape index (κ1) is 18.5. The van der Waals surface area contributed by atoms with Gasteiger partial charge in [0.15, 0.2) is 11.9 Å². The number of carbonyl (C=O) groups is 2. The highest BCUT2D eigenvalue weighted by atomic mass is 16.6. The number of nitrogens with zero attached hydrogens (tertiary/aromatic N) is 2. The van der Waals surface area contributed by atoms with Gasteiger partial charge in [-0.3, -0.25) is 4.79 Å². The van der Waals surface area contributed by atoms with E-state index in [4.69, 9.17) is 9.47 Å². The Balaban J connectivity index is 1.61. The second kappa shape index (κ2) is 7.95. The molecular weight excluding hydrogens is 344 g/mol. The maximum atomic E-state index is 12.2. The normalized spacial score (nSPS) is 11.8. The molecule has 0 bridgehead atoms. The van der Waals surface area contributed by atoms with Crippen LogP contribution in [0, 0.1) is 6.92 Å². The molecule has 1 aromatic heterocycles. The number of hydrogen-bond donors (Lipinski definition) is 0. The van der Waals surface area contributed by atoms with E-state index in [1.807, 2.05) is 31.2 Å². The molecule has 0 amide bonds.